The van der Waals surface area contributed by atoms with E-state index in [1.54, 1.807) is 6.20 Å². The molecule has 0 bridgehead atoms. The quantitative estimate of drug-likeness (QED) is 0.818. The first-order valence-corrected chi connectivity index (χ1v) is 8.03. The molecule has 2 aromatic rings. The fraction of sp³-hybridized carbons (Fsp3) is 0.444. The molecule has 0 saturated heterocycles. The molecule has 0 aliphatic carbocycles. The summed E-state index contributed by atoms with van der Waals surface area (Å²) in [4.78, 5) is 11.0. The topological polar surface area (TPSA) is 53.1 Å². The minimum absolute atomic E-state index is 0.539. The van der Waals surface area contributed by atoms with Crippen molar-refractivity contribution in [1.29, 1.82) is 0 Å². The van der Waals surface area contributed by atoms with Gasteiger partial charge < -0.3 is 15.5 Å². The Labute approximate surface area is 139 Å². The summed E-state index contributed by atoms with van der Waals surface area (Å²) in [6, 6.07) is 8.69. The van der Waals surface area contributed by atoms with Crippen molar-refractivity contribution in [2.75, 3.05) is 31.3 Å². The lowest BCUT2D eigenvalue weighted by Crippen LogP contribution is -2.26. The van der Waals surface area contributed by atoms with E-state index in [9.17, 15) is 0 Å². The van der Waals surface area contributed by atoms with E-state index in [1.807, 2.05) is 12.1 Å². The maximum absolute atomic E-state index is 4.51. The number of nitrogens with zero attached hydrogens (tertiary/aromatic N) is 3. The van der Waals surface area contributed by atoms with E-state index in [4.69, 9.17) is 0 Å². The van der Waals surface area contributed by atoms with Crippen molar-refractivity contribution in [2.45, 2.75) is 33.2 Å². The van der Waals surface area contributed by atoms with Crippen LogP contribution < -0.4 is 10.6 Å². The molecule has 0 aliphatic rings. The van der Waals surface area contributed by atoms with Gasteiger partial charge in [-0.1, -0.05) is 6.07 Å². The molecule has 2 rings (SSSR count). The molecule has 0 spiro atoms. The van der Waals surface area contributed by atoms with Crippen LogP contribution in [0.3, 0.4) is 0 Å². The Kier molecular flexibility index (Phi) is 5.93. The first kappa shape index (κ1) is 17.2. The second-order valence-corrected chi connectivity index (χ2v) is 6.22. The van der Waals surface area contributed by atoms with Gasteiger partial charge in [0.25, 0.3) is 0 Å². The molecule has 0 radical (unpaired) electrons. The number of hydrogen-bond acceptors (Lipinski definition) is 5. The van der Waals surface area contributed by atoms with Crippen LogP contribution in [0.5, 0.6) is 0 Å². The number of hydrogen-bond donors (Lipinski definition) is 2. The Hall–Kier alpha value is -2.14. The van der Waals surface area contributed by atoms with Gasteiger partial charge >= 0.3 is 0 Å². The summed E-state index contributed by atoms with van der Waals surface area (Å²) in [5, 5.41) is 6.62. The summed E-state index contributed by atoms with van der Waals surface area (Å²) in [6.45, 7) is 7.31. The average molecular weight is 313 g/mol. The maximum Gasteiger partial charge on any atom is 0.229 e. The molecular formula is C18H27N5. The second kappa shape index (κ2) is 7.92. The van der Waals surface area contributed by atoms with Gasteiger partial charge in [0, 0.05) is 24.5 Å². The molecule has 2 N–H and O–H groups in total. The third-order valence-electron chi connectivity index (χ3n) is 4.17. The number of nitrogens with one attached hydrogen (secondary N) is 2. The lowest BCUT2D eigenvalue weighted by atomic mass is 10.1. The number of anilines is 3. The van der Waals surface area contributed by atoms with E-state index in [2.05, 4.69) is 72.5 Å². The Balaban J connectivity index is 1.95. The highest BCUT2D eigenvalue weighted by atomic mass is 15.1. The van der Waals surface area contributed by atoms with Crippen molar-refractivity contribution in [2.24, 2.45) is 0 Å². The van der Waals surface area contributed by atoms with Crippen LogP contribution in [0.4, 0.5) is 17.5 Å². The molecule has 0 saturated carbocycles. The average Bonchev–Trinajstić information content (AvgIpc) is 2.51. The molecule has 124 valence electrons. The SMILES string of the molecule is Cc1ccc(Nc2nccc(NCCC(C)N(C)C)n2)cc1C. The van der Waals surface area contributed by atoms with Crippen molar-refractivity contribution in [1.82, 2.24) is 14.9 Å². The second-order valence-electron chi connectivity index (χ2n) is 6.22. The molecule has 1 aromatic carbocycles. The number of benzene rings is 1. The van der Waals surface area contributed by atoms with Gasteiger partial charge in [-0.05, 0) is 70.6 Å². The molecule has 1 heterocycles. The monoisotopic (exact) mass is 313 g/mol. The summed E-state index contributed by atoms with van der Waals surface area (Å²) in [6.07, 6.45) is 2.84. The van der Waals surface area contributed by atoms with Crippen molar-refractivity contribution in [3.8, 4) is 0 Å². The zero-order valence-corrected chi connectivity index (χ0v) is 14.7. The predicted octanol–water partition coefficient (Wildman–Crippen LogP) is 3.59. The van der Waals surface area contributed by atoms with Crippen LogP contribution in [0.2, 0.25) is 0 Å². The first-order valence-electron chi connectivity index (χ1n) is 8.03. The van der Waals surface area contributed by atoms with Gasteiger partial charge in [0.15, 0.2) is 0 Å². The summed E-state index contributed by atoms with van der Waals surface area (Å²) in [5.74, 6) is 1.45. The van der Waals surface area contributed by atoms with E-state index in [0.29, 0.717) is 12.0 Å². The number of aromatic nitrogens is 2. The molecule has 0 fully saturated rings. The summed E-state index contributed by atoms with van der Waals surface area (Å²) in [7, 11) is 4.20. The van der Waals surface area contributed by atoms with Gasteiger partial charge in [0.05, 0.1) is 0 Å². The van der Waals surface area contributed by atoms with Crippen LogP contribution in [-0.4, -0.2) is 41.5 Å². The third-order valence-corrected chi connectivity index (χ3v) is 4.17. The van der Waals surface area contributed by atoms with E-state index in [0.717, 1.165) is 24.5 Å². The Morgan fingerprint density at radius 3 is 2.61 bits per heavy atom. The van der Waals surface area contributed by atoms with E-state index >= 15 is 0 Å². The highest BCUT2D eigenvalue weighted by Gasteiger charge is 2.05. The van der Waals surface area contributed by atoms with Gasteiger partial charge in [-0.3, -0.25) is 0 Å². The smallest absolute Gasteiger partial charge is 0.229 e. The molecule has 23 heavy (non-hydrogen) atoms. The highest BCUT2D eigenvalue weighted by molar-refractivity contribution is 5.56. The van der Waals surface area contributed by atoms with Crippen LogP contribution >= 0.6 is 0 Å². The minimum atomic E-state index is 0.539. The zero-order valence-electron chi connectivity index (χ0n) is 14.7. The predicted molar refractivity (Wildman–Crippen MR) is 97.5 cm³/mol. The van der Waals surface area contributed by atoms with Crippen molar-refractivity contribution < 1.29 is 0 Å². The van der Waals surface area contributed by atoms with Gasteiger partial charge in [-0.2, -0.15) is 4.98 Å². The molecule has 0 aliphatic heterocycles. The fourth-order valence-corrected chi connectivity index (χ4v) is 2.13. The fourth-order valence-electron chi connectivity index (χ4n) is 2.13. The minimum Gasteiger partial charge on any atom is -0.370 e. The van der Waals surface area contributed by atoms with Crippen LogP contribution in [0.15, 0.2) is 30.5 Å². The molecule has 1 aromatic heterocycles. The zero-order chi connectivity index (χ0) is 16.8. The third kappa shape index (κ3) is 5.21. The Morgan fingerprint density at radius 1 is 1.13 bits per heavy atom. The molecule has 1 atom stereocenters. The lowest BCUT2D eigenvalue weighted by molar-refractivity contribution is 0.304. The lowest BCUT2D eigenvalue weighted by Gasteiger charge is -2.19. The van der Waals surface area contributed by atoms with Gasteiger partial charge in [0.1, 0.15) is 5.82 Å². The maximum atomic E-state index is 4.51. The summed E-state index contributed by atoms with van der Waals surface area (Å²) < 4.78 is 0. The molecule has 1 unspecified atom stereocenters. The largest absolute Gasteiger partial charge is 0.370 e. The van der Waals surface area contributed by atoms with Crippen LogP contribution in [0, 0.1) is 13.8 Å². The van der Waals surface area contributed by atoms with Gasteiger partial charge in [-0.25, -0.2) is 4.98 Å². The Morgan fingerprint density at radius 2 is 1.91 bits per heavy atom. The number of aryl methyl sites for hydroxylation is 2. The van der Waals surface area contributed by atoms with Crippen molar-refractivity contribution in [3.63, 3.8) is 0 Å². The Bertz CT molecular complexity index is 639. The normalized spacial score (nSPS) is 12.3. The highest BCUT2D eigenvalue weighted by Crippen LogP contribution is 2.18. The van der Waals surface area contributed by atoms with Crippen molar-refractivity contribution >= 4 is 17.5 Å². The van der Waals surface area contributed by atoms with Gasteiger partial charge in [-0.15, -0.1) is 0 Å². The first-order chi connectivity index (χ1) is 11.0. The summed E-state index contributed by atoms with van der Waals surface area (Å²) in [5.41, 5.74) is 3.54. The van der Waals surface area contributed by atoms with E-state index in [-0.39, 0.29) is 0 Å². The number of rotatable bonds is 7. The molecule has 0 amide bonds. The van der Waals surface area contributed by atoms with Crippen LogP contribution in [0.1, 0.15) is 24.5 Å². The molecular weight excluding hydrogens is 286 g/mol. The summed E-state index contributed by atoms with van der Waals surface area (Å²) >= 11 is 0. The molecule has 5 nitrogen and oxygen atoms in total. The molecule has 5 heteroatoms. The standard InChI is InChI=1S/C18H27N5/c1-13-6-7-16(12-14(13)2)21-18-20-11-9-17(22-18)19-10-8-15(3)23(4)5/h6-7,9,11-12,15H,8,10H2,1-5H3,(H2,19,20,21,22). The van der Waals surface area contributed by atoms with Crippen LogP contribution in [-0.2, 0) is 0 Å². The van der Waals surface area contributed by atoms with Crippen molar-refractivity contribution in [3.05, 3.63) is 41.6 Å². The van der Waals surface area contributed by atoms with Gasteiger partial charge in [0.2, 0.25) is 5.95 Å². The van der Waals surface area contributed by atoms with E-state index < -0.39 is 0 Å². The van der Waals surface area contributed by atoms with Crippen LogP contribution in [0.25, 0.3) is 0 Å². The van der Waals surface area contributed by atoms with E-state index in [1.165, 1.54) is 11.1 Å².